The number of nitrogens with one attached hydrogen (secondary N) is 1. The fourth-order valence-corrected chi connectivity index (χ4v) is 1.61. The first-order valence-corrected chi connectivity index (χ1v) is 6.01. The van der Waals surface area contributed by atoms with Crippen LogP contribution in [0.15, 0.2) is 12.3 Å². The van der Waals surface area contributed by atoms with Crippen molar-refractivity contribution in [1.29, 1.82) is 0 Å². The summed E-state index contributed by atoms with van der Waals surface area (Å²) < 4.78 is 0. The maximum atomic E-state index is 8.83. The molecule has 1 aromatic rings. The van der Waals surface area contributed by atoms with Crippen molar-refractivity contribution in [1.82, 2.24) is 4.98 Å². The van der Waals surface area contributed by atoms with Gasteiger partial charge >= 0.3 is 0 Å². The lowest BCUT2D eigenvalue weighted by molar-refractivity contribution is 0.248. The van der Waals surface area contributed by atoms with E-state index in [1.165, 1.54) is 0 Å². The lowest BCUT2D eigenvalue weighted by Crippen LogP contribution is -2.23. The third-order valence-corrected chi connectivity index (χ3v) is 2.90. The van der Waals surface area contributed by atoms with Crippen LogP contribution in [0.2, 0.25) is 0 Å². The van der Waals surface area contributed by atoms with Gasteiger partial charge in [0, 0.05) is 31.1 Å². The maximum absolute atomic E-state index is 8.83. The molecule has 0 aliphatic carbocycles. The summed E-state index contributed by atoms with van der Waals surface area (Å²) in [5.41, 5.74) is 7.73. The zero-order chi connectivity index (χ0) is 12.9. The monoisotopic (exact) mass is 237 g/mol. The predicted octanol–water partition coefficient (Wildman–Crippen LogP) is 2.18. The van der Waals surface area contributed by atoms with Crippen molar-refractivity contribution in [2.45, 2.75) is 33.6 Å². The Bertz CT molecular complexity index is 364. The number of nitrogen functional groups attached to an aromatic ring is 1. The Labute approximate surface area is 103 Å². The molecule has 0 atom stereocenters. The molecule has 1 aromatic heterocycles. The van der Waals surface area contributed by atoms with Crippen molar-refractivity contribution in [3.63, 3.8) is 0 Å². The van der Waals surface area contributed by atoms with E-state index in [4.69, 9.17) is 10.8 Å². The van der Waals surface area contributed by atoms with Gasteiger partial charge in [-0.05, 0) is 30.7 Å². The highest BCUT2D eigenvalue weighted by Gasteiger charge is 2.17. The molecule has 0 fully saturated rings. The number of aromatic nitrogens is 1. The van der Waals surface area contributed by atoms with Crippen LogP contribution >= 0.6 is 0 Å². The summed E-state index contributed by atoms with van der Waals surface area (Å²) in [4.78, 5) is 4.28. The number of hydrogen-bond acceptors (Lipinski definition) is 4. The number of pyridine rings is 1. The lowest BCUT2D eigenvalue weighted by Gasteiger charge is -2.25. The summed E-state index contributed by atoms with van der Waals surface area (Å²) in [5.74, 6) is 0.810. The SMILES string of the molecule is Cc1cnc(NCC(C)(C)CCCO)cc1N. The van der Waals surface area contributed by atoms with E-state index in [9.17, 15) is 0 Å². The second-order valence-corrected chi connectivity index (χ2v) is 5.27. The van der Waals surface area contributed by atoms with Crippen LogP contribution in [0.1, 0.15) is 32.3 Å². The molecule has 0 bridgehead atoms. The molecule has 1 heterocycles. The number of aliphatic hydroxyl groups is 1. The van der Waals surface area contributed by atoms with Crippen LogP contribution in [-0.4, -0.2) is 23.2 Å². The summed E-state index contributed by atoms with van der Waals surface area (Å²) in [6.07, 6.45) is 3.59. The molecule has 0 aliphatic heterocycles. The highest BCUT2D eigenvalue weighted by atomic mass is 16.2. The molecule has 0 saturated carbocycles. The Hall–Kier alpha value is -1.29. The molecule has 0 radical (unpaired) electrons. The molecule has 0 amide bonds. The number of rotatable bonds is 6. The number of nitrogens with zero attached hydrogens (tertiary/aromatic N) is 1. The van der Waals surface area contributed by atoms with E-state index in [0.717, 1.165) is 36.5 Å². The molecule has 0 unspecified atom stereocenters. The first-order valence-electron chi connectivity index (χ1n) is 6.01. The molecule has 0 aliphatic rings. The molecule has 0 spiro atoms. The average molecular weight is 237 g/mol. The van der Waals surface area contributed by atoms with Crippen molar-refractivity contribution >= 4 is 11.5 Å². The van der Waals surface area contributed by atoms with Crippen LogP contribution in [0.25, 0.3) is 0 Å². The molecule has 1 rings (SSSR count). The Morgan fingerprint density at radius 1 is 1.47 bits per heavy atom. The topological polar surface area (TPSA) is 71.2 Å². The zero-order valence-corrected chi connectivity index (χ0v) is 11.0. The van der Waals surface area contributed by atoms with E-state index in [0.29, 0.717) is 0 Å². The number of hydrogen-bond donors (Lipinski definition) is 3. The minimum absolute atomic E-state index is 0.143. The zero-order valence-electron chi connectivity index (χ0n) is 11.0. The smallest absolute Gasteiger partial charge is 0.127 e. The van der Waals surface area contributed by atoms with E-state index in [1.807, 2.05) is 13.0 Å². The molecule has 0 aromatic carbocycles. The minimum Gasteiger partial charge on any atom is -0.398 e. The predicted molar refractivity (Wildman–Crippen MR) is 72.0 cm³/mol. The largest absolute Gasteiger partial charge is 0.398 e. The van der Waals surface area contributed by atoms with E-state index in [2.05, 4.69) is 24.1 Å². The van der Waals surface area contributed by atoms with Gasteiger partial charge in [-0.15, -0.1) is 0 Å². The van der Waals surface area contributed by atoms with Gasteiger partial charge in [-0.1, -0.05) is 13.8 Å². The molecule has 4 nitrogen and oxygen atoms in total. The van der Waals surface area contributed by atoms with Crippen molar-refractivity contribution < 1.29 is 5.11 Å². The van der Waals surface area contributed by atoms with E-state index < -0.39 is 0 Å². The Morgan fingerprint density at radius 3 is 2.76 bits per heavy atom. The normalized spacial score (nSPS) is 11.5. The van der Waals surface area contributed by atoms with Gasteiger partial charge in [-0.25, -0.2) is 4.98 Å². The average Bonchev–Trinajstić information content (AvgIpc) is 2.28. The van der Waals surface area contributed by atoms with Gasteiger partial charge in [-0.3, -0.25) is 0 Å². The van der Waals surface area contributed by atoms with Crippen LogP contribution < -0.4 is 11.1 Å². The summed E-state index contributed by atoms with van der Waals surface area (Å²) in [6, 6.07) is 1.86. The van der Waals surface area contributed by atoms with E-state index in [-0.39, 0.29) is 12.0 Å². The van der Waals surface area contributed by atoms with Crippen LogP contribution in [0.5, 0.6) is 0 Å². The van der Waals surface area contributed by atoms with Gasteiger partial charge < -0.3 is 16.2 Å². The standard InChI is InChI=1S/C13H23N3O/c1-10-8-15-12(7-11(10)14)16-9-13(2,3)5-4-6-17/h7-8,17H,4-6,9H2,1-3H3,(H3,14,15,16). The van der Waals surface area contributed by atoms with Crippen molar-refractivity contribution in [2.24, 2.45) is 5.41 Å². The summed E-state index contributed by atoms with van der Waals surface area (Å²) in [5, 5.41) is 12.1. The highest BCUT2D eigenvalue weighted by molar-refractivity contribution is 5.53. The first kappa shape index (κ1) is 13.8. The van der Waals surface area contributed by atoms with Gasteiger partial charge in [0.25, 0.3) is 0 Å². The van der Waals surface area contributed by atoms with Crippen LogP contribution in [0.3, 0.4) is 0 Å². The van der Waals surface area contributed by atoms with E-state index >= 15 is 0 Å². The number of aryl methyl sites for hydroxylation is 1. The summed E-state index contributed by atoms with van der Waals surface area (Å²) in [6.45, 7) is 7.36. The van der Waals surface area contributed by atoms with Gasteiger partial charge in [0.2, 0.25) is 0 Å². The maximum Gasteiger partial charge on any atom is 0.127 e. The van der Waals surface area contributed by atoms with Gasteiger partial charge in [0.1, 0.15) is 5.82 Å². The molecule has 96 valence electrons. The lowest BCUT2D eigenvalue weighted by atomic mass is 9.88. The van der Waals surface area contributed by atoms with Crippen molar-refractivity contribution in [3.8, 4) is 0 Å². The van der Waals surface area contributed by atoms with Crippen LogP contribution in [-0.2, 0) is 0 Å². The molecular weight excluding hydrogens is 214 g/mol. The third kappa shape index (κ3) is 4.61. The minimum atomic E-state index is 0.143. The highest BCUT2D eigenvalue weighted by Crippen LogP contribution is 2.23. The second kappa shape index (κ2) is 5.87. The Balaban J connectivity index is 2.51. The van der Waals surface area contributed by atoms with Crippen LogP contribution in [0, 0.1) is 12.3 Å². The molecule has 4 heteroatoms. The number of aliphatic hydroxyl groups excluding tert-OH is 1. The third-order valence-electron chi connectivity index (χ3n) is 2.90. The Morgan fingerprint density at radius 2 is 2.18 bits per heavy atom. The summed E-state index contributed by atoms with van der Waals surface area (Å²) in [7, 11) is 0. The molecular formula is C13H23N3O. The fourth-order valence-electron chi connectivity index (χ4n) is 1.61. The van der Waals surface area contributed by atoms with E-state index in [1.54, 1.807) is 6.20 Å². The number of anilines is 2. The second-order valence-electron chi connectivity index (χ2n) is 5.27. The molecule has 0 saturated heterocycles. The van der Waals surface area contributed by atoms with Gasteiger partial charge in [-0.2, -0.15) is 0 Å². The first-order chi connectivity index (χ1) is 7.94. The summed E-state index contributed by atoms with van der Waals surface area (Å²) >= 11 is 0. The number of nitrogens with two attached hydrogens (primary N) is 1. The molecule has 17 heavy (non-hydrogen) atoms. The van der Waals surface area contributed by atoms with Crippen molar-refractivity contribution in [3.05, 3.63) is 17.8 Å². The quantitative estimate of drug-likeness (QED) is 0.709. The van der Waals surface area contributed by atoms with Crippen LogP contribution in [0.4, 0.5) is 11.5 Å². The van der Waals surface area contributed by atoms with Gasteiger partial charge in [0.05, 0.1) is 0 Å². The fraction of sp³-hybridized carbons (Fsp3) is 0.615. The van der Waals surface area contributed by atoms with Gasteiger partial charge in [0.15, 0.2) is 0 Å². The Kier molecular flexibility index (Phi) is 4.75. The van der Waals surface area contributed by atoms with Crippen molar-refractivity contribution in [2.75, 3.05) is 24.2 Å². The molecule has 4 N–H and O–H groups in total.